The summed E-state index contributed by atoms with van der Waals surface area (Å²) in [5, 5.41) is 3.01. The number of carbonyl (C=O) groups excluding carboxylic acids is 1. The van der Waals surface area contributed by atoms with E-state index in [2.05, 4.69) is 26.1 Å². The number of carbonyl (C=O) groups is 1. The zero-order valence-corrected chi connectivity index (χ0v) is 14.0. The van der Waals surface area contributed by atoms with E-state index in [4.69, 9.17) is 4.74 Å². The lowest BCUT2D eigenvalue weighted by Crippen LogP contribution is -2.26. The Hall–Kier alpha value is -0.570. The summed E-state index contributed by atoms with van der Waals surface area (Å²) in [6, 6.07) is 0. The first-order chi connectivity index (χ1) is 9.63. The van der Waals surface area contributed by atoms with Crippen molar-refractivity contribution in [2.24, 2.45) is 5.92 Å². The second-order valence-corrected chi connectivity index (χ2v) is 5.94. The fraction of sp³-hybridized carbons (Fsp3) is 0.941. The Labute approximate surface area is 125 Å². The van der Waals surface area contributed by atoms with Gasteiger partial charge in [0.2, 0.25) is 5.91 Å². The lowest BCUT2D eigenvalue weighted by molar-refractivity contribution is -0.122. The van der Waals surface area contributed by atoms with E-state index in [1.807, 2.05) is 0 Å². The van der Waals surface area contributed by atoms with Crippen LogP contribution in [0.3, 0.4) is 0 Å². The number of hydrogen-bond donors (Lipinski definition) is 1. The minimum absolute atomic E-state index is 0.205. The molecule has 3 heteroatoms. The molecule has 0 aliphatic carbocycles. The summed E-state index contributed by atoms with van der Waals surface area (Å²) >= 11 is 0. The molecule has 0 radical (unpaired) electrons. The second-order valence-electron chi connectivity index (χ2n) is 5.94. The molecule has 0 fully saturated rings. The van der Waals surface area contributed by atoms with Gasteiger partial charge < -0.3 is 10.1 Å². The number of methoxy groups -OCH3 is 1. The molecule has 1 N–H and O–H groups in total. The van der Waals surface area contributed by atoms with Crippen LogP contribution >= 0.6 is 0 Å². The molecule has 1 unspecified atom stereocenters. The minimum Gasteiger partial charge on any atom is -0.381 e. The Balaban J connectivity index is 3.69. The van der Waals surface area contributed by atoms with E-state index in [0.717, 1.165) is 32.2 Å². The van der Waals surface area contributed by atoms with Crippen LogP contribution in [0.4, 0.5) is 0 Å². The van der Waals surface area contributed by atoms with Crippen molar-refractivity contribution in [1.29, 1.82) is 0 Å². The SMILES string of the molecule is CCCCCNC(=O)CC(C)CC[C@H](CCCC)OC. The third-order valence-electron chi connectivity index (χ3n) is 3.83. The highest BCUT2D eigenvalue weighted by atomic mass is 16.5. The van der Waals surface area contributed by atoms with Gasteiger partial charge in [-0.05, 0) is 31.6 Å². The molecule has 20 heavy (non-hydrogen) atoms. The molecule has 0 saturated heterocycles. The van der Waals surface area contributed by atoms with Crippen molar-refractivity contribution >= 4 is 5.91 Å². The van der Waals surface area contributed by atoms with Crippen molar-refractivity contribution in [1.82, 2.24) is 5.32 Å². The molecule has 0 spiro atoms. The van der Waals surface area contributed by atoms with Gasteiger partial charge in [0, 0.05) is 20.1 Å². The van der Waals surface area contributed by atoms with E-state index < -0.39 is 0 Å². The number of ether oxygens (including phenoxy) is 1. The first-order valence-corrected chi connectivity index (χ1v) is 8.43. The first kappa shape index (κ1) is 19.4. The van der Waals surface area contributed by atoms with Crippen LogP contribution < -0.4 is 5.32 Å². The molecule has 0 aromatic heterocycles. The molecule has 0 aliphatic heterocycles. The molecular weight excluding hydrogens is 250 g/mol. The summed E-state index contributed by atoms with van der Waals surface area (Å²) in [7, 11) is 1.80. The van der Waals surface area contributed by atoms with Gasteiger partial charge in [0.1, 0.15) is 0 Å². The smallest absolute Gasteiger partial charge is 0.220 e. The Bertz CT molecular complexity index is 231. The molecule has 0 aliphatic rings. The number of hydrogen-bond acceptors (Lipinski definition) is 2. The quantitative estimate of drug-likeness (QED) is 0.512. The molecule has 120 valence electrons. The first-order valence-electron chi connectivity index (χ1n) is 8.43. The van der Waals surface area contributed by atoms with E-state index in [1.165, 1.54) is 25.7 Å². The Morgan fingerprint density at radius 1 is 1.05 bits per heavy atom. The minimum atomic E-state index is 0.205. The van der Waals surface area contributed by atoms with Crippen molar-refractivity contribution in [2.75, 3.05) is 13.7 Å². The summed E-state index contributed by atoms with van der Waals surface area (Å²) < 4.78 is 5.50. The molecular formula is C17H35NO2. The summed E-state index contributed by atoms with van der Waals surface area (Å²) in [5.74, 6) is 0.650. The van der Waals surface area contributed by atoms with Crippen LogP contribution in [0.2, 0.25) is 0 Å². The van der Waals surface area contributed by atoms with E-state index in [1.54, 1.807) is 7.11 Å². The van der Waals surface area contributed by atoms with Crippen molar-refractivity contribution in [3.63, 3.8) is 0 Å². The van der Waals surface area contributed by atoms with Gasteiger partial charge in [-0.1, -0.05) is 46.5 Å². The van der Waals surface area contributed by atoms with Crippen LogP contribution in [0.15, 0.2) is 0 Å². The summed E-state index contributed by atoms with van der Waals surface area (Å²) in [6.45, 7) is 7.38. The Morgan fingerprint density at radius 2 is 1.75 bits per heavy atom. The third kappa shape index (κ3) is 11.3. The van der Waals surface area contributed by atoms with Gasteiger partial charge in [0.15, 0.2) is 0 Å². The van der Waals surface area contributed by atoms with Gasteiger partial charge in [-0.3, -0.25) is 4.79 Å². The maximum atomic E-state index is 11.8. The number of amides is 1. The van der Waals surface area contributed by atoms with Crippen LogP contribution in [0.5, 0.6) is 0 Å². The number of unbranched alkanes of at least 4 members (excludes halogenated alkanes) is 3. The van der Waals surface area contributed by atoms with Crippen molar-refractivity contribution < 1.29 is 9.53 Å². The molecule has 0 rings (SSSR count). The van der Waals surface area contributed by atoms with Crippen LogP contribution in [-0.4, -0.2) is 25.7 Å². The fourth-order valence-electron chi connectivity index (χ4n) is 2.38. The highest BCUT2D eigenvalue weighted by Crippen LogP contribution is 2.16. The lowest BCUT2D eigenvalue weighted by atomic mass is 9.97. The average molecular weight is 285 g/mol. The van der Waals surface area contributed by atoms with E-state index >= 15 is 0 Å². The van der Waals surface area contributed by atoms with Gasteiger partial charge >= 0.3 is 0 Å². The average Bonchev–Trinajstić information content (AvgIpc) is 2.44. The van der Waals surface area contributed by atoms with Crippen LogP contribution in [-0.2, 0) is 9.53 Å². The highest BCUT2D eigenvalue weighted by molar-refractivity contribution is 5.76. The van der Waals surface area contributed by atoms with Gasteiger partial charge in [0.25, 0.3) is 0 Å². The molecule has 0 aromatic rings. The zero-order chi connectivity index (χ0) is 15.2. The van der Waals surface area contributed by atoms with Crippen LogP contribution in [0.1, 0.15) is 78.6 Å². The molecule has 0 aromatic carbocycles. The fourth-order valence-corrected chi connectivity index (χ4v) is 2.38. The predicted octanol–water partition coefficient (Wildman–Crippen LogP) is 4.30. The molecule has 0 saturated carbocycles. The van der Waals surface area contributed by atoms with Crippen LogP contribution in [0.25, 0.3) is 0 Å². The van der Waals surface area contributed by atoms with Crippen molar-refractivity contribution in [3.8, 4) is 0 Å². The van der Waals surface area contributed by atoms with Gasteiger partial charge in [-0.2, -0.15) is 0 Å². The topological polar surface area (TPSA) is 38.3 Å². The van der Waals surface area contributed by atoms with E-state index in [0.29, 0.717) is 18.4 Å². The zero-order valence-electron chi connectivity index (χ0n) is 14.0. The van der Waals surface area contributed by atoms with Crippen molar-refractivity contribution in [2.45, 2.75) is 84.7 Å². The van der Waals surface area contributed by atoms with Gasteiger partial charge in [-0.15, -0.1) is 0 Å². The summed E-state index contributed by atoms with van der Waals surface area (Å²) in [6.07, 6.45) is 10.2. The molecule has 3 nitrogen and oxygen atoms in total. The summed E-state index contributed by atoms with van der Waals surface area (Å²) in [4.78, 5) is 11.8. The lowest BCUT2D eigenvalue weighted by Gasteiger charge is -2.17. The molecule has 2 atom stereocenters. The standard InChI is InChI=1S/C17H35NO2/c1-5-7-9-13-18-17(19)14-15(3)11-12-16(20-4)10-8-6-2/h15-16H,5-14H2,1-4H3,(H,18,19)/t15?,16-/m0/s1. The van der Waals surface area contributed by atoms with Crippen LogP contribution in [0, 0.1) is 5.92 Å². The monoisotopic (exact) mass is 285 g/mol. The second kappa shape index (κ2) is 13.4. The maximum Gasteiger partial charge on any atom is 0.220 e. The van der Waals surface area contributed by atoms with Crippen molar-refractivity contribution in [3.05, 3.63) is 0 Å². The highest BCUT2D eigenvalue weighted by Gasteiger charge is 2.12. The molecule has 0 bridgehead atoms. The predicted molar refractivity (Wildman–Crippen MR) is 85.9 cm³/mol. The Kier molecular flexibility index (Phi) is 13.0. The summed E-state index contributed by atoms with van der Waals surface area (Å²) in [5.41, 5.74) is 0. The molecule has 1 amide bonds. The Morgan fingerprint density at radius 3 is 2.35 bits per heavy atom. The third-order valence-corrected chi connectivity index (χ3v) is 3.83. The van der Waals surface area contributed by atoms with E-state index in [-0.39, 0.29) is 5.91 Å². The normalized spacial score (nSPS) is 14.0. The number of rotatable bonds is 13. The number of nitrogens with one attached hydrogen (secondary N) is 1. The van der Waals surface area contributed by atoms with E-state index in [9.17, 15) is 4.79 Å². The maximum absolute atomic E-state index is 11.8. The van der Waals surface area contributed by atoms with Gasteiger partial charge in [-0.25, -0.2) is 0 Å². The largest absolute Gasteiger partial charge is 0.381 e. The van der Waals surface area contributed by atoms with Gasteiger partial charge in [0.05, 0.1) is 6.10 Å². The molecule has 0 heterocycles.